The summed E-state index contributed by atoms with van der Waals surface area (Å²) in [6.07, 6.45) is 48.0. The van der Waals surface area contributed by atoms with Gasteiger partial charge in [-0.25, -0.2) is 48.7 Å². The molecule has 24 aromatic heterocycles. The Morgan fingerprint density at radius 2 is 0.591 bits per heavy atom. The van der Waals surface area contributed by atoms with Crippen LogP contribution in [0.1, 0.15) is 16.7 Å². The maximum Gasteiger partial charge on any atom is 0.181 e. The molecule has 24 heterocycles. The molecule has 37 heteroatoms. The molecule has 0 amide bonds. The number of aryl methyl sites for hydroxylation is 1. The quantitative estimate of drug-likeness (QED) is 0.0434. The SMILES string of the molecule is CN(C)Cc1cncc(-c2cnc3n[nH]c(-c4nc5c(-c6cncc(F)c6)cncc5[nH]4)c3c2)c1.Cc1cncc(-c2cncc3[nH]c(-c4[nH]nc5ncc(-c6cncc(CN(C)C)c6)cc45)nc23)c1.Fc1cncc(-c2cncc3[nH]c(-c4[nH]nc5ncc(-c6cccnc6)cc45)nc23)c1.Nc1cncc(-c2cnc3n[nH]c(-c4nc5c(-c6cccnc6)cncc5[nH]4)c3c2)c1. The lowest BCUT2D eigenvalue weighted by atomic mass is 10.1. The molecule has 35 nitrogen and oxygen atoms in total. The number of aromatic amines is 8. The van der Waals surface area contributed by atoms with E-state index in [2.05, 4.69) is 175 Å². The zero-order valence-electron chi connectivity index (χ0n) is 70.6. The van der Waals surface area contributed by atoms with Crippen LogP contribution in [-0.2, 0) is 13.1 Å². The van der Waals surface area contributed by atoms with Gasteiger partial charge in [-0.1, -0.05) is 12.1 Å². The Kier molecular flexibility index (Phi) is 21.2. The van der Waals surface area contributed by atoms with E-state index in [0.29, 0.717) is 102 Å². The molecule has 132 heavy (non-hydrogen) atoms. The van der Waals surface area contributed by atoms with Crippen LogP contribution in [0.5, 0.6) is 0 Å². The summed E-state index contributed by atoms with van der Waals surface area (Å²) < 4.78 is 27.5. The van der Waals surface area contributed by atoms with Crippen molar-refractivity contribution in [2.45, 2.75) is 20.0 Å². The standard InChI is InChI=1S/C26H23N9.C25H20FN9.C22H13FN8.C22H15N9/c1-15-4-19(10-27-7-15)21-12-29-13-22-23(21)32-26(31-22)24-20-6-18(11-30-25(20)34-33-24)17-5-16(8-28-9-17)14-35(2)3;1-35(2)13-14-3-15(7-27-6-14)16-5-19-23(33-34-24(19)30-9-16)25-31-21-12-29-11-20(22(21)32-25)17-4-18(26)10-28-8-17;23-15-4-14(7-25-9-15)17-10-26-11-18-19(17)29-22(28-18)20-16-5-13(8-27-21(16)31-30-20)12-2-1-3-24-6-12;23-15-4-13(7-25-9-15)14-5-16-20(30-31-21(16)27-8-14)22-28-18-11-26-10-17(19(18)29-22)12-2-1-3-24-6-12/h4-13H,14H2,1-3H3,(H,31,32)(H,30,33,34);3-12H,13H2,1-2H3,(H,31,32)(H,30,33,34);1-11H,(H,28,29)(H,27,30,31);1-11H,23H2,(H,28,29)(H,27,30,31). The number of nitrogens with two attached hydrogens (primary N) is 1. The van der Waals surface area contributed by atoms with Gasteiger partial charge >= 0.3 is 0 Å². The van der Waals surface area contributed by atoms with Crippen molar-refractivity contribution < 1.29 is 8.78 Å². The highest BCUT2D eigenvalue weighted by atomic mass is 19.1. The summed E-state index contributed by atoms with van der Waals surface area (Å²) in [5.74, 6) is 1.66. The second kappa shape index (κ2) is 34.6. The van der Waals surface area contributed by atoms with Crippen LogP contribution in [0.15, 0.2) is 258 Å². The van der Waals surface area contributed by atoms with Crippen molar-refractivity contribution in [1.29, 1.82) is 0 Å². The molecule has 0 unspecified atom stereocenters. The van der Waals surface area contributed by atoms with Crippen molar-refractivity contribution in [3.8, 4) is 135 Å². The van der Waals surface area contributed by atoms with Crippen molar-refractivity contribution in [2.75, 3.05) is 33.9 Å². The van der Waals surface area contributed by atoms with Crippen LogP contribution in [0, 0.1) is 18.6 Å². The van der Waals surface area contributed by atoms with Gasteiger partial charge in [-0.2, -0.15) is 20.4 Å². The van der Waals surface area contributed by atoms with Gasteiger partial charge < -0.3 is 35.5 Å². The molecule has 24 aromatic rings. The predicted octanol–water partition coefficient (Wildman–Crippen LogP) is 16.4. The third kappa shape index (κ3) is 16.3. The van der Waals surface area contributed by atoms with E-state index in [1.807, 2.05) is 133 Å². The fraction of sp³-hybridized carbons (Fsp3) is 0.0737. The van der Waals surface area contributed by atoms with Gasteiger partial charge in [-0.3, -0.25) is 80.2 Å². The van der Waals surface area contributed by atoms with Crippen molar-refractivity contribution in [3.05, 3.63) is 287 Å². The van der Waals surface area contributed by atoms with Crippen LogP contribution < -0.4 is 5.73 Å². The molecule has 0 saturated carbocycles. The number of fused-ring (bicyclic) bond motifs is 8. The summed E-state index contributed by atoms with van der Waals surface area (Å²) in [6.45, 7) is 3.63. The maximum atomic E-state index is 13.8. The molecule has 640 valence electrons. The summed E-state index contributed by atoms with van der Waals surface area (Å²) >= 11 is 0. The van der Waals surface area contributed by atoms with Crippen LogP contribution in [0.2, 0.25) is 0 Å². The van der Waals surface area contributed by atoms with E-state index >= 15 is 0 Å². The van der Waals surface area contributed by atoms with Gasteiger partial charge in [0.05, 0.1) is 86.5 Å². The number of hydrogen-bond acceptors (Lipinski definition) is 27. The minimum absolute atomic E-state index is 0.418. The second-order valence-electron chi connectivity index (χ2n) is 31.6. The number of nitrogen functional groups attached to an aromatic ring is 1. The van der Waals surface area contributed by atoms with E-state index in [1.165, 1.54) is 18.3 Å². The van der Waals surface area contributed by atoms with E-state index in [1.54, 1.807) is 112 Å². The normalized spacial score (nSPS) is 11.5. The van der Waals surface area contributed by atoms with Crippen molar-refractivity contribution in [1.82, 2.24) is 170 Å². The Morgan fingerprint density at radius 1 is 0.288 bits per heavy atom. The minimum Gasteiger partial charge on any atom is -0.397 e. The van der Waals surface area contributed by atoms with E-state index < -0.39 is 11.6 Å². The van der Waals surface area contributed by atoms with E-state index in [0.717, 1.165) is 163 Å². The fourth-order valence-corrected chi connectivity index (χ4v) is 15.7. The van der Waals surface area contributed by atoms with Gasteiger partial charge in [-0.15, -0.1) is 0 Å². The first-order valence-corrected chi connectivity index (χ1v) is 41.2. The highest BCUT2D eigenvalue weighted by Crippen LogP contribution is 2.39. The molecule has 0 saturated heterocycles. The number of rotatable bonds is 16. The summed E-state index contributed by atoms with van der Waals surface area (Å²) in [6, 6.07) is 26.9. The van der Waals surface area contributed by atoms with Gasteiger partial charge in [0.25, 0.3) is 0 Å². The average molecular weight is 1740 g/mol. The largest absolute Gasteiger partial charge is 0.397 e. The van der Waals surface area contributed by atoms with Gasteiger partial charge in [-0.05, 0) is 125 Å². The average Bonchev–Trinajstić information content (AvgIpc) is 1.62. The number of H-pyrrole nitrogens is 8. The maximum absolute atomic E-state index is 13.8. The Morgan fingerprint density at radius 3 is 0.939 bits per heavy atom. The summed E-state index contributed by atoms with van der Waals surface area (Å²) in [4.78, 5) is 106. The first kappa shape index (κ1) is 80.8. The van der Waals surface area contributed by atoms with Gasteiger partial charge in [0.1, 0.15) is 56.5 Å². The topological polar surface area (TPSA) is 468 Å². The van der Waals surface area contributed by atoms with Crippen molar-refractivity contribution in [2.24, 2.45) is 0 Å². The number of hydrogen-bond donors (Lipinski definition) is 9. The number of nitrogens with one attached hydrogen (secondary N) is 8. The molecule has 24 rings (SSSR count). The lowest BCUT2D eigenvalue weighted by Crippen LogP contribution is -2.10. The predicted molar refractivity (Wildman–Crippen MR) is 497 cm³/mol. The monoisotopic (exact) mass is 1740 g/mol. The minimum atomic E-state index is -0.419. The number of pyridine rings is 16. The molecule has 10 N–H and O–H groups in total. The molecule has 0 spiro atoms. The molecular weight excluding hydrogens is 1670 g/mol. The molecule has 0 fully saturated rings. The van der Waals surface area contributed by atoms with Crippen LogP contribution in [0.4, 0.5) is 14.5 Å². The second-order valence-corrected chi connectivity index (χ2v) is 31.6. The number of halogens is 2. The van der Waals surface area contributed by atoms with Gasteiger partial charge in [0.15, 0.2) is 45.9 Å². The Bertz CT molecular complexity index is 8170. The van der Waals surface area contributed by atoms with Gasteiger partial charge in [0.2, 0.25) is 0 Å². The third-order valence-electron chi connectivity index (χ3n) is 21.7. The third-order valence-corrected chi connectivity index (χ3v) is 21.7. The lowest BCUT2D eigenvalue weighted by Gasteiger charge is -2.10. The van der Waals surface area contributed by atoms with Crippen LogP contribution in [0.3, 0.4) is 0 Å². The highest BCUT2D eigenvalue weighted by molar-refractivity contribution is 6.02. The highest BCUT2D eigenvalue weighted by Gasteiger charge is 2.24. The Hall–Kier alpha value is -18.3. The van der Waals surface area contributed by atoms with E-state index in [9.17, 15) is 8.78 Å². The zero-order chi connectivity index (χ0) is 89.5. The summed E-state index contributed by atoms with van der Waals surface area (Å²) in [7, 11) is 8.14. The van der Waals surface area contributed by atoms with Crippen LogP contribution >= 0.6 is 0 Å². The van der Waals surface area contributed by atoms with Crippen LogP contribution in [0.25, 0.3) is 223 Å². The van der Waals surface area contributed by atoms with Crippen molar-refractivity contribution >= 4 is 94.0 Å². The Labute approximate surface area is 744 Å². The molecule has 0 aliphatic heterocycles. The fourth-order valence-electron chi connectivity index (χ4n) is 15.7. The number of nitrogens with zero attached hydrogens (tertiary/aromatic N) is 26. The lowest BCUT2D eigenvalue weighted by molar-refractivity contribution is 0.402. The molecule has 0 radical (unpaired) electrons. The first-order valence-electron chi connectivity index (χ1n) is 41.2. The van der Waals surface area contributed by atoms with Crippen molar-refractivity contribution in [3.63, 3.8) is 0 Å². The van der Waals surface area contributed by atoms with E-state index in [4.69, 9.17) is 25.7 Å². The number of imidazole rings is 4. The van der Waals surface area contributed by atoms with Crippen LogP contribution in [-0.4, -0.2) is 198 Å². The molecule has 0 aliphatic rings. The summed E-state index contributed by atoms with van der Waals surface area (Å²) in [5.41, 5.74) is 35.1. The van der Waals surface area contributed by atoms with E-state index in [-0.39, 0.29) is 0 Å². The summed E-state index contributed by atoms with van der Waals surface area (Å²) in [5, 5.41) is 33.0. The molecule has 0 bridgehead atoms. The van der Waals surface area contributed by atoms with Gasteiger partial charge in [0, 0.05) is 238 Å². The Balaban J connectivity index is 0.000000106. The number of aromatic nitrogens is 32. The first-order chi connectivity index (χ1) is 64.6. The molecule has 0 aliphatic carbocycles. The molecule has 0 atom stereocenters. The zero-order valence-corrected chi connectivity index (χ0v) is 70.6. The molecular formula is C95H71F2N35. The molecule has 0 aromatic carbocycles. The smallest absolute Gasteiger partial charge is 0.181 e. The number of anilines is 1.